The van der Waals surface area contributed by atoms with E-state index in [1.165, 1.54) is 6.20 Å². The number of carboxylic acid groups (broad SMARTS) is 1. The van der Waals surface area contributed by atoms with Gasteiger partial charge in [0.05, 0.1) is 10.6 Å². The van der Waals surface area contributed by atoms with E-state index < -0.39 is 17.4 Å². The molecule has 1 fully saturated rings. The molecule has 6 heteroatoms. The van der Waals surface area contributed by atoms with Gasteiger partial charge in [0.15, 0.2) is 0 Å². The van der Waals surface area contributed by atoms with Gasteiger partial charge < -0.3 is 10.4 Å². The standard InChI is InChI=1S/C15H19ClN2O3/c1-9-5-3-4-6-15(9,14(20)21)18-13(19)11-8-17-10(2)7-12(11)16/h7-9H,3-6H2,1-2H3,(H,18,19)(H,20,21). The molecule has 1 aromatic rings. The Balaban J connectivity index is 2.28. The fourth-order valence-electron chi connectivity index (χ4n) is 2.87. The Morgan fingerprint density at radius 3 is 2.76 bits per heavy atom. The van der Waals surface area contributed by atoms with E-state index in [0.717, 1.165) is 19.3 Å². The van der Waals surface area contributed by atoms with Crippen LogP contribution in [0.4, 0.5) is 0 Å². The van der Waals surface area contributed by atoms with Gasteiger partial charge in [-0.1, -0.05) is 31.4 Å². The monoisotopic (exact) mass is 310 g/mol. The number of nitrogens with zero attached hydrogens (tertiary/aromatic N) is 1. The van der Waals surface area contributed by atoms with E-state index in [9.17, 15) is 14.7 Å². The van der Waals surface area contributed by atoms with Crippen LogP contribution >= 0.6 is 11.6 Å². The Kier molecular flexibility index (Phi) is 4.52. The maximum Gasteiger partial charge on any atom is 0.329 e. The molecule has 21 heavy (non-hydrogen) atoms. The summed E-state index contributed by atoms with van der Waals surface area (Å²) in [5.41, 5.74) is -0.306. The van der Waals surface area contributed by atoms with Crippen LogP contribution in [0.15, 0.2) is 12.3 Å². The molecule has 0 saturated heterocycles. The van der Waals surface area contributed by atoms with E-state index >= 15 is 0 Å². The van der Waals surface area contributed by atoms with Crippen molar-refractivity contribution in [2.75, 3.05) is 0 Å². The highest BCUT2D eigenvalue weighted by atomic mass is 35.5. The Labute approximate surface area is 128 Å². The third-order valence-corrected chi connectivity index (χ3v) is 4.57. The summed E-state index contributed by atoms with van der Waals surface area (Å²) in [6, 6.07) is 1.59. The molecule has 0 radical (unpaired) electrons. The predicted octanol–water partition coefficient (Wildman–Crippen LogP) is 2.81. The van der Waals surface area contributed by atoms with Gasteiger partial charge in [0.25, 0.3) is 5.91 Å². The van der Waals surface area contributed by atoms with Crippen molar-refractivity contribution in [3.05, 3.63) is 28.5 Å². The average Bonchev–Trinajstić information content (AvgIpc) is 2.41. The van der Waals surface area contributed by atoms with E-state index in [1.807, 2.05) is 6.92 Å². The number of rotatable bonds is 3. The van der Waals surface area contributed by atoms with Gasteiger partial charge in [-0.2, -0.15) is 0 Å². The summed E-state index contributed by atoms with van der Waals surface area (Å²) in [7, 11) is 0. The summed E-state index contributed by atoms with van der Waals surface area (Å²) >= 11 is 6.06. The van der Waals surface area contributed by atoms with E-state index in [2.05, 4.69) is 10.3 Å². The number of carboxylic acids is 1. The van der Waals surface area contributed by atoms with E-state index in [0.29, 0.717) is 12.1 Å². The van der Waals surface area contributed by atoms with Crippen LogP contribution in [-0.4, -0.2) is 27.5 Å². The SMILES string of the molecule is Cc1cc(Cl)c(C(=O)NC2(C(=O)O)CCCCC2C)cn1. The zero-order valence-electron chi connectivity index (χ0n) is 12.1. The van der Waals surface area contributed by atoms with Crippen molar-refractivity contribution in [2.45, 2.75) is 45.1 Å². The Morgan fingerprint density at radius 2 is 2.19 bits per heavy atom. The molecule has 1 aliphatic carbocycles. The zero-order chi connectivity index (χ0) is 15.6. The first-order chi connectivity index (χ1) is 9.86. The fraction of sp³-hybridized carbons (Fsp3) is 0.533. The lowest BCUT2D eigenvalue weighted by atomic mass is 9.73. The number of hydrogen-bond acceptors (Lipinski definition) is 3. The number of aliphatic carboxylic acids is 1. The lowest BCUT2D eigenvalue weighted by Gasteiger charge is -2.39. The van der Waals surface area contributed by atoms with Gasteiger partial charge in [-0.05, 0) is 31.7 Å². The van der Waals surface area contributed by atoms with Crippen LogP contribution in [0.2, 0.25) is 5.02 Å². The maximum atomic E-state index is 12.4. The largest absolute Gasteiger partial charge is 0.479 e. The number of halogens is 1. The zero-order valence-corrected chi connectivity index (χ0v) is 12.9. The molecule has 0 aromatic carbocycles. The molecule has 0 bridgehead atoms. The normalized spacial score (nSPS) is 25.4. The highest BCUT2D eigenvalue weighted by Gasteiger charge is 2.46. The van der Waals surface area contributed by atoms with Gasteiger partial charge in [0, 0.05) is 11.9 Å². The first-order valence-corrected chi connectivity index (χ1v) is 7.42. The molecule has 0 spiro atoms. The van der Waals surface area contributed by atoms with Gasteiger partial charge in [0.2, 0.25) is 0 Å². The average molecular weight is 311 g/mol. The molecular formula is C15H19ClN2O3. The molecule has 1 amide bonds. The quantitative estimate of drug-likeness (QED) is 0.899. The van der Waals surface area contributed by atoms with Gasteiger partial charge in [-0.3, -0.25) is 9.78 Å². The second-order valence-corrected chi connectivity index (χ2v) is 6.09. The predicted molar refractivity (Wildman–Crippen MR) is 79.4 cm³/mol. The second kappa shape index (κ2) is 6.02. The van der Waals surface area contributed by atoms with Crippen molar-refractivity contribution in [1.82, 2.24) is 10.3 Å². The lowest BCUT2D eigenvalue weighted by molar-refractivity contribution is -0.148. The number of nitrogens with one attached hydrogen (secondary N) is 1. The van der Waals surface area contributed by atoms with Crippen molar-refractivity contribution in [2.24, 2.45) is 5.92 Å². The molecule has 2 atom stereocenters. The van der Waals surface area contributed by atoms with Crippen molar-refractivity contribution in [1.29, 1.82) is 0 Å². The third kappa shape index (κ3) is 3.02. The van der Waals surface area contributed by atoms with Crippen LogP contribution in [0, 0.1) is 12.8 Å². The minimum absolute atomic E-state index is 0.120. The highest BCUT2D eigenvalue weighted by molar-refractivity contribution is 6.33. The number of hydrogen-bond donors (Lipinski definition) is 2. The molecule has 2 N–H and O–H groups in total. The number of pyridine rings is 1. The maximum absolute atomic E-state index is 12.4. The van der Waals surface area contributed by atoms with Crippen molar-refractivity contribution < 1.29 is 14.7 Å². The van der Waals surface area contributed by atoms with Gasteiger partial charge in [0.1, 0.15) is 5.54 Å². The second-order valence-electron chi connectivity index (χ2n) is 5.68. The Hall–Kier alpha value is -1.62. The molecule has 0 aliphatic heterocycles. The number of amides is 1. The molecular weight excluding hydrogens is 292 g/mol. The van der Waals surface area contributed by atoms with E-state index in [-0.39, 0.29) is 16.5 Å². The van der Waals surface area contributed by atoms with Gasteiger partial charge in [-0.25, -0.2) is 4.79 Å². The molecule has 1 aliphatic rings. The lowest BCUT2D eigenvalue weighted by Crippen LogP contribution is -2.60. The van der Waals surface area contributed by atoms with Crippen molar-refractivity contribution in [3.8, 4) is 0 Å². The smallest absolute Gasteiger partial charge is 0.329 e. The molecule has 5 nitrogen and oxygen atoms in total. The molecule has 1 saturated carbocycles. The number of carbonyl (C=O) groups is 2. The third-order valence-electron chi connectivity index (χ3n) is 4.25. The summed E-state index contributed by atoms with van der Waals surface area (Å²) in [5.74, 6) is -1.59. The van der Waals surface area contributed by atoms with E-state index in [4.69, 9.17) is 11.6 Å². The van der Waals surface area contributed by atoms with Crippen LogP contribution in [0.3, 0.4) is 0 Å². The minimum Gasteiger partial charge on any atom is -0.479 e. The van der Waals surface area contributed by atoms with Gasteiger partial charge in [-0.15, -0.1) is 0 Å². The summed E-state index contributed by atoms with van der Waals surface area (Å²) < 4.78 is 0. The molecule has 2 rings (SSSR count). The van der Waals surface area contributed by atoms with Crippen molar-refractivity contribution >= 4 is 23.5 Å². The molecule has 2 unspecified atom stereocenters. The van der Waals surface area contributed by atoms with Crippen molar-refractivity contribution in [3.63, 3.8) is 0 Å². The van der Waals surface area contributed by atoms with E-state index in [1.54, 1.807) is 13.0 Å². The minimum atomic E-state index is -1.22. The Bertz CT molecular complexity index is 576. The van der Waals surface area contributed by atoms with Crippen LogP contribution in [0.5, 0.6) is 0 Å². The number of aromatic nitrogens is 1. The summed E-state index contributed by atoms with van der Waals surface area (Å²) in [6.07, 6.45) is 4.38. The summed E-state index contributed by atoms with van der Waals surface area (Å²) in [5, 5.41) is 12.6. The molecule has 1 heterocycles. The number of aryl methyl sites for hydroxylation is 1. The first-order valence-electron chi connectivity index (χ1n) is 7.05. The van der Waals surface area contributed by atoms with Crippen LogP contribution in [-0.2, 0) is 4.79 Å². The van der Waals surface area contributed by atoms with Gasteiger partial charge >= 0.3 is 5.97 Å². The summed E-state index contributed by atoms with van der Waals surface area (Å²) in [6.45, 7) is 3.64. The van der Waals surface area contributed by atoms with Crippen LogP contribution in [0.1, 0.15) is 48.7 Å². The summed E-state index contributed by atoms with van der Waals surface area (Å²) in [4.78, 5) is 28.2. The highest BCUT2D eigenvalue weighted by Crippen LogP contribution is 2.34. The Morgan fingerprint density at radius 1 is 1.48 bits per heavy atom. The topological polar surface area (TPSA) is 79.3 Å². The fourth-order valence-corrected chi connectivity index (χ4v) is 3.16. The van der Waals surface area contributed by atoms with Crippen LogP contribution in [0.25, 0.3) is 0 Å². The molecule has 114 valence electrons. The van der Waals surface area contributed by atoms with Crippen LogP contribution < -0.4 is 5.32 Å². The molecule has 1 aromatic heterocycles. The first kappa shape index (κ1) is 15.8. The number of carbonyl (C=O) groups excluding carboxylic acids is 1.